The van der Waals surface area contributed by atoms with E-state index in [1.54, 1.807) is 0 Å². The van der Waals surface area contributed by atoms with Crippen LogP contribution < -0.4 is 5.73 Å². The average molecular weight is 256 g/mol. The molecule has 0 radical (unpaired) electrons. The van der Waals surface area contributed by atoms with Crippen molar-refractivity contribution in [2.24, 2.45) is 11.1 Å². The zero-order valence-corrected chi connectivity index (χ0v) is 11.1. The van der Waals surface area contributed by atoms with Crippen LogP contribution in [0, 0.1) is 5.41 Å². The second kappa shape index (κ2) is 5.55. The molecule has 0 aromatic rings. The maximum absolute atomic E-state index is 12.7. The van der Waals surface area contributed by atoms with Crippen LogP contribution in [0.2, 0.25) is 0 Å². The molecule has 2 rings (SSSR count). The van der Waals surface area contributed by atoms with Gasteiger partial charge in [0.1, 0.15) is 0 Å². The Bertz CT molecular complexity index is 303. The highest BCUT2D eigenvalue weighted by atomic mass is 16.5. The SMILES string of the molecule is CC1CN(C(=O)C2(CN)CCCC2)CC(CO)O1. The third kappa shape index (κ3) is 2.53. The second-order valence-corrected chi connectivity index (χ2v) is 5.65. The van der Waals surface area contributed by atoms with Gasteiger partial charge < -0.3 is 20.5 Å². The first-order chi connectivity index (χ1) is 8.61. The van der Waals surface area contributed by atoms with Crippen molar-refractivity contribution in [2.45, 2.75) is 44.8 Å². The summed E-state index contributed by atoms with van der Waals surface area (Å²) in [7, 11) is 0. The summed E-state index contributed by atoms with van der Waals surface area (Å²) in [6.07, 6.45) is 3.71. The molecular weight excluding hydrogens is 232 g/mol. The Hall–Kier alpha value is -0.650. The summed E-state index contributed by atoms with van der Waals surface area (Å²) in [5.74, 6) is 0.163. The van der Waals surface area contributed by atoms with Crippen molar-refractivity contribution < 1.29 is 14.6 Å². The quantitative estimate of drug-likeness (QED) is 0.751. The molecule has 1 saturated carbocycles. The predicted molar refractivity (Wildman–Crippen MR) is 68.0 cm³/mol. The van der Waals surface area contributed by atoms with Gasteiger partial charge in [-0.15, -0.1) is 0 Å². The van der Waals surface area contributed by atoms with Crippen molar-refractivity contribution in [2.75, 3.05) is 26.2 Å². The summed E-state index contributed by atoms with van der Waals surface area (Å²) >= 11 is 0. The number of morpholine rings is 1. The molecule has 1 aliphatic carbocycles. The fraction of sp³-hybridized carbons (Fsp3) is 0.923. The Morgan fingerprint density at radius 3 is 2.67 bits per heavy atom. The van der Waals surface area contributed by atoms with Crippen molar-refractivity contribution in [1.29, 1.82) is 0 Å². The van der Waals surface area contributed by atoms with Crippen LogP contribution in [0.1, 0.15) is 32.6 Å². The Morgan fingerprint density at radius 2 is 2.11 bits per heavy atom. The van der Waals surface area contributed by atoms with E-state index in [2.05, 4.69) is 0 Å². The van der Waals surface area contributed by atoms with Crippen molar-refractivity contribution in [1.82, 2.24) is 4.90 Å². The van der Waals surface area contributed by atoms with E-state index in [-0.39, 0.29) is 30.1 Å². The highest BCUT2D eigenvalue weighted by molar-refractivity contribution is 5.83. The first-order valence-electron chi connectivity index (χ1n) is 6.87. The molecule has 0 aromatic carbocycles. The first kappa shape index (κ1) is 13.8. The Kier molecular flexibility index (Phi) is 4.25. The highest BCUT2D eigenvalue weighted by Gasteiger charge is 2.44. The number of nitrogens with zero attached hydrogens (tertiary/aromatic N) is 1. The van der Waals surface area contributed by atoms with Gasteiger partial charge in [-0.05, 0) is 19.8 Å². The summed E-state index contributed by atoms with van der Waals surface area (Å²) in [6.45, 7) is 3.43. The summed E-state index contributed by atoms with van der Waals surface area (Å²) < 4.78 is 5.57. The van der Waals surface area contributed by atoms with Gasteiger partial charge in [0.2, 0.25) is 5.91 Å². The maximum Gasteiger partial charge on any atom is 0.230 e. The average Bonchev–Trinajstić information content (AvgIpc) is 2.87. The smallest absolute Gasteiger partial charge is 0.230 e. The maximum atomic E-state index is 12.7. The molecule has 18 heavy (non-hydrogen) atoms. The van der Waals surface area contributed by atoms with Crippen LogP contribution in [-0.4, -0.2) is 54.4 Å². The molecule has 1 aliphatic heterocycles. The predicted octanol–water partition coefficient (Wildman–Crippen LogP) is 0.114. The summed E-state index contributed by atoms with van der Waals surface area (Å²) in [6, 6.07) is 0. The first-order valence-corrected chi connectivity index (χ1v) is 6.87. The number of ether oxygens (including phenoxy) is 1. The molecule has 1 heterocycles. The Morgan fingerprint density at radius 1 is 1.44 bits per heavy atom. The molecular formula is C13H24N2O3. The van der Waals surface area contributed by atoms with E-state index in [4.69, 9.17) is 10.5 Å². The summed E-state index contributed by atoms with van der Waals surface area (Å²) in [5.41, 5.74) is 5.50. The molecule has 104 valence electrons. The van der Waals surface area contributed by atoms with E-state index in [9.17, 15) is 9.90 Å². The molecule has 5 heteroatoms. The lowest BCUT2D eigenvalue weighted by molar-refractivity contribution is -0.156. The number of aliphatic hydroxyl groups is 1. The lowest BCUT2D eigenvalue weighted by Gasteiger charge is -2.40. The van der Waals surface area contributed by atoms with E-state index in [1.165, 1.54) is 0 Å². The van der Waals surface area contributed by atoms with E-state index in [1.807, 2.05) is 11.8 Å². The van der Waals surface area contributed by atoms with Crippen molar-refractivity contribution in [3.8, 4) is 0 Å². The lowest BCUT2D eigenvalue weighted by Crippen LogP contribution is -2.55. The number of carbonyl (C=O) groups is 1. The van der Waals surface area contributed by atoms with Gasteiger partial charge in [0.15, 0.2) is 0 Å². The zero-order valence-electron chi connectivity index (χ0n) is 11.1. The third-order valence-corrected chi connectivity index (χ3v) is 4.22. The number of hydrogen-bond donors (Lipinski definition) is 2. The molecule has 1 amide bonds. The fourth-order valence-corrected chi connectivity index (χ4v) is 3.20. The Labute approximate surface area is 108 Å². The second-order valence-electron chi connectivity index (χ2n) is 5.65. The minimum atomic E-state index is -0.350. The number of carbonyl (C=O) groups excluding carboxylic acids is 1. The lowest BCUT2D eigenvalue weighted by atomic mass is 9.84. The van der Waals surface area contributed by atoms with Crippen LogP contribution in [0.25, 0.3) is 0 Å². The molecule has 0 bridgehead atoms. The number of hydrogen-bond acceptors (Lipinski definition) is 4. The van der Waals surface area contributed by atoms with Gasteiger partial charge in [0, 0.05) is 19.6 Å². The molecule has 2 fully saturated rings. The Balaban J connectivity index is 2.07. The third-order valence-electron chi connectivity index (χ3n) is 4.22. The molecule has 2 aliphatic rings. The van der Waals surface area contributed by atoms with Gasteiger partial charge in [-0.1, -0.05) is 12.8 Å². The van der Waals surface area contributed by atoms with Crippen molar-refractivity contribution >= 4 is 5.91 Å². The van der Waals surface area contributed by atoms with Crippen LogP contribution in [-0.2, 0) is 9.53 Å². The molecule has 2 unspecified atom stereocenters. The molecule has 0 spiro atoms. The minimum absolute atomic E-state index is 0.0175. The van der Waals surface area contributed by atoms with Gasteiger partial charge in [-0.3, -0.25) is 4.79 Å². The number of aliphatic hydroxyl groups excluding tert-OH is 1. The topological polar surface area (TPSA) is 75.8 Å². The van der Waals surface area contributed by atoms with Gasteiger partial charge in [0.25, 0.3) is 0 Å². The van der Waals surface area contributed by atoms with Crippen molar-refractivity contribution in [3.05, 3.63) is 0 Å². The number of rotatable bonds is 3. The van der Waals surface area contributed by atoms with E-state index >= 15 is 0 Å². The molecule has 3 N–H and O–H groups in total. The van der Waals surface area contributed by atoms with Gasteiger partial charge in [-0.2, -0.15) is 0 Å². The number of amides is 1. The van der Waals surface area contributed by atoms with Crippen LogP contribution in [0.3, 0.4) is 0 Å². The fourth-order valence-electron chi connectivity index (χ4n) is 3.20. The van der Waals surface area contributed by atoms with Crippen LogP contribution in [0.15, 0.2) is 0 Å². The molecule has 2 atom stereocenters. The van der Waals surface area contributed by atoms with E-state index in [0.29, 0.717) is 19.6 Å². The minimum Gasteiger partial charge on any atom is -0.394 e. The normalized spacial score (nSPS) is 31.6. The highest BCUT2D eigenvalue weighted by Crippen LogP contribution is 2.39. The molecule has 5 nitrogen and oxygen atoms in total. The number of nitrogens with two attached hydrogens (primary N) is 1. The summed E-state index contributed by atoms with van der Waals surface area (Å²) in [4.78, 5) is 14.5. The summed E-state index contributed by atoms with van der Waals surface area (Å²) in [5, 5.41) is 9.21. The monoisotopic (exact) mass is 256 g/mol. The van der Waals surface area contributed by atoms with Crippen LogP contribution in [0.5, 0.6) is 0 Å². The van der Waals surface area contributed by atoms with Crippen molar-refractivity contribution in [3.63, 3.8) is 0 Å². The van der Waals surface area contributed by atoms with E-state index in [0.717, 1.165) is 25.7 Å². The standard InChI is InChI=1S/C13H24N2O3/c1-10-6-15(7-11(8-16)18-10)12(17)13(9-14)4-2-3-5-13/h10-11,16H,2-9,14H2,1H3. The van der Waals surface area contributed by atoms with Gasteiger partial charge >= 0.3 is 0 Å². The van der Waals surface area contributed by atoms with Gasteiger partial charge in [0.05, 0.1) is 24.2 Å². The van der Waals surface area contributed by atoms with Gasteiger partial charge in [-0.25, -0.2) is 0 Å². The zero-order chi connectivity index (χ0) is 13.2. The largest absolute Gasteiger partial charge is 0.394 e. The molecule has 0 aromatic heterocycles. The molecule has 1 saturated heterocycles. The van der Waals surface area contributed by atoms with E-state index < -0.39 is 0 Å². The van der Waals surface area contributed by atoms with Crippen LogP contribution >= 0.6 is 0 Å². The van der Waals surface area contributed by atoms with Crippen LogP contribution in [0.4, 0.5) is 0 Å².